The lowest BCUT2D eigenvalue weighted by molar-refractivity contribution is -0.123. The van der Waals surface area contributed by atoms with E-state index in [0.717, 1.165) is 31.6 Å². The lowest BCUT2D eigenvalue weighted by atomic mass is 10.1. The van der Waals surface area contributed by atoms with E-state index in [1.807, 2.05) is 25.1 Å². The predicted octanol–water partition coefficient (Wildman–Crippen LogP) is 1.42. The maximum absolute atomic E-state index is 11.8. The van der Waals surface area contributed by atoms with E-state index in [-0.39, 0.29) is 11.9 Å². The Labute approximate surface area is 120 Å². The summed E-state index contributed by atoms with van der Waals surface area (Å²) in [6.45, 7) is 4.44. The standard InChI is InChI=1S/C15H23N3O2/c1-12(14-4-2-3-8-17-14)18-15(19)7-11-20-13-5-9-16-10-6-13/h2-4,8,12-13,16H,5-7,9-11H2,1H3,(H,18,19)/t12-/m1/s1. The minimum atomic E-state index is -0.0671. The summed E-state index contributed by atoms with van der Waals surface area (Å²) >= 11 is 0. The van der Waals surface area contributed by atoms with Crippen LogP contribution in [0.15, 0.2) is 24.4 Å². The number of piperidine rings is 1. The molecule has 0 unspecified atom stereocenters. The number of hydrogen-bond donors (Lipinski definition) is 2. The van der Waals surface area contributed by atoms with Crippen LogP contribution in [0.1, 0.15) is 37.9 Å². The van der Waals surface area contributed by atoms with Gasteiger partial charge in [-0.3, -0.25) is 9.78 Å². The SMILES string of the molecule is C[C@@H](NC(=O)CCOC1CCNCC1)c1ccccn1. The molecule has 5 nitrogen and oxygen atoms in total. The first kappa shape index (κ1) is 14.9. The molecule has 0 radical (unpaired) electrons. The van der Waals surface area contributed by atoms with Crippen molar-refractivity contribution in [3.05, 3.63) is 30.1 Å². The molecular weight excluding hydrogens is 254 g/mol. The Morgan fingerprint density at radius 2 is 2.30 bits per heavy atom. The smallest absolute Gasteiger partial charge is 0.222 e. The van der Waals surface area contributed by atoms with Crippen molar-refractivity contribution in [2.45, 2.75) is 38.3 Å². The van der Waals surface area contributed by atoms with Gasteiger partial charge >= 0.3 is 0 Å². The molecule has 1 aliphatic heterocycles. The van der Waals surface area contributed by atoms with E-state index >= 15 is 0 Å². The fourth-order valence-electron chi connectivity index (χ4n) is 2.30. The van der Waals surface area contributed by atoms with Gasteiger partial charge in [0.05, 0.1) is 24.4 Å². The van der Waals surface area contributed by atoms with Crippen molar-refractivity contribution in [3.8, 4) is 0 Å². The molecule has 5 heteroatoms. The molecule has 0 aromatic carbocycles. The molecule has 20 heavy (non-hydrogen) atoms. The van der Waals surface area contributed by atoms with Gasteiger partial charge in [-0.15, -0.1) is 0 Å². The van der Waals surface area contributed by atoms with E-state index in [2.05, 4.69) is 15.6 Å². The molecule has 0 aliphatic carbocycles. The van der Waals surface area contributed by atoms with Gasteiger partial charge in [-0.1, -0.05) is 6.07 Å². The molecule has 1 saturated heterocycles. The van der Waals surface area contributed by atoms with Crippen LogP contribution in [-0.4, -0.2) is 36.7 Å². The maximum Gasteiger partial charge on any atom is 0.222 e. The second-order valence-corrected chi connectivity index (χ2v) is 5.11. The zero-order valence-corrected chi connectivity index (χ0v) is 12.0. The molecule has 1 fully saturated rings. The van der Waals surface area contributed by atoms with Crippen LogP contribution >= 0.6 is 0 Å². The number of carbonyl (C=O) groups excluding carboxylic acids is 1. The Morgan fingerprint density at radius 1 is 1.50 bits per heavy atom. The summed E-state index contributed by atoms with van der Waals surface area (Å²) in [6.07, 6.45) is 4.51. The van der Waals surface area contributed by atoms with E-state index in [1.54, 1.807) is 6.20 Å². The van der Waals surface area contributed by atoms with Crippen molar-refractivity contribution in [1.82, 2.24) is 15.6 Å². The fraction of sp³-hybridized carbons (Fsp3) is 0.600. The first-order chi connectivity index (χ1) is 9.75. The number of ether oxygens (including phenoxy) is 1. The highest BCUT2D eigenvalue weighted by Gasteiger charge is 2.14. The summed E-state index contributed by atoms with van der Waals surface area (Å²) in [4.78, 5) is 16.1. The molecule has 1 aliphatic rings. The number of hydrogen-bond acceptors (Lipinski definition) is 4. The minimum Gasteiger partial charge on any atom is -0.378 e. The zero-order chi connectivity index (χ0) is 14.2. The number of amides is 1. The largest absolute Gasteiger partial charge is 0.378 e. The van der Waals surface area contributed by atoms with Crippen LogP contribution in [0.4, 0.5) is 0 Å². The Kier molecular flexibility index (Phi) is 5.95. The topological polar surface area (TPSA) is 63.2 Å². The Hall–Kier alpha value is -1.46. The second-order valence-electron chi connectivity index (χ2n) is 5.11. The summed E-state index contributed by atoms with van der Waals surface area (Å²) in [7, 11) is 0. The number of nitrogens with zero attached hydrogens (tertiary/aromatic N) is 1. The predicted molar refractivity (Wildman–Crippen MR) is 77.3 cm³/mol. The normalized spacial score (nSPS) is 17.6. The van der Waals surface area contributed by atoms with Gasteiger partial charge in [0.2, 0.25) is 5.91 Å². The number of pyridine rings is 1. The van der Waals surface area contributed by atoms with E-state index in [1.165, 1.54) is 0 Å². The molecule has 0 spiro atoms. The Balaban J connectivity index is 1.65. The molecule has 0 bridgehead atoms. The van der Waals surface area contributed by atoms with E-state index in [9.17, 15) is 4.79 Å². The van der Waals surface area contributed by atoms with E-state index in [4.69, 9.17) is 4.74 Å². The van der Waals surface area contributed by atoms with Crippen molar-refractivity contribution in [2.75, 3.05) is 19.7 Å². The highest BCUT2D eigenvalue weighted by Crippen LogP contribution is 2.09. The molecular formula is C15H23N3O2. The van der Waals surface area contributed by atoms with Crippen LogP contribution in [0.25, 0.3) is 0 Å². The van der Waals surface area contributed by atoms with Gasteiger partial charge < -0.3 is 15.4 Å². The molecule has 2 N–H and O–H groups in total. The van der Waals surface area contributed by atoms with Gasteiger partial charge in [0.15, 0.2) is 0 Å². The number of aromatic nitrogens is 1. The zero-order valence-electron chi connectivity index (χ0n) is 12.0. The summed E-state index contributed by atoms with van der Waals surface area (Å²) in [5.74, 6) is 0.0112. The third kappa shape index (κ3) is 4.90. The lowest BCUT2D eigenvalue weighted by Crippen LogP contribution is -2.33. The highest BCUT2D eigenvalue weighted by molar-refractivity contribution is 5.76. The highest BCUT2D eigenvalue weighted by atomic mass is 16.5. The summed E-state index contributed by atoms with van der Waals surface area (Å²) in [6, 6.07) is 5.63. The maximum atomic E-state index is 11.8. The van der Waals surface area contributed by atoms with Crippen LogP contribution in [0.2, 0.25) is 0 Å². The van der Waals surface area contributed by atoms with Gasteiger partial charge in [-0.25, -0.2) is 0 Å². The first-order valence-corrected chi connectivity index (χ1v) is 7.28. The minimum absolute atomic E-state index is 0.0112. The van der Waals surface area contributed by atoms with Crippen LogP contribution < -0.4 is 10.6 Å². The van der Waals surface area contributed by atoms with Gasteiger partial charge in [-0.2, -0.15) is 0 Å². The van der Waals surface area contributed by atoms with Crippen LogP contribution in [0.5, 0.6) is 0 Å². The van der Waals surface area contributed by atoms with Gasteiger partial charge in [0, 0.05) is 12.6 Å². The number of nitrogens with one attached hydrogen (secondary N) is 2. The molecule has 1 atom stereocenters. The lowest BCUT2D eigenvalue weighted by Gasteiger charge is -2.23. The first-order valence-electron chi connectivity index (χ1n) is 7.28. The molecule has 2 heterocycles. The van der Waals surface area contributed by atoms with Gasteiger partial charge in [-0.05, 0) is 45.0 Å². The van der Waals surface area contributed by atoms with Gasteiger partial charge in [0.1, 0.15) is 0 Å². The van der Waals surface area contributed by atoms with Crippen molar-refractivity contribution in [3.63, 3.8) is 0 Å². The Bertz CT molecular complexity index is 405. The third-order valence-corrected chi connectivity index (χ3v) is 3.48. The van der Waals surface area contributed by atoms with Crippen molar-refractivity contribution >= 4 is 5.91 Å². The van der Waals surface area contributed by atoms with Gasteiger partial charge in [0.25, 0.3) is 0 Å². The molecule has 0 saturated carbocycles. The monoisotopic (exact) mass is 277 g/mol. The number of rotatable bonds is 6. The number of carbonyl (C=O) groups is 1. The average Bonchev–Trinajstić information content (AvgIpc) is 2.49. The summed E-state index contributed by atoms with van der Waals surface area (Å²) < 4.78 is 5.72. The van der Waals surface area contributed by atoms with Crippen molar-refractivity contribution in [2.24, 2.45) is 0 Å². The van der Waals surface area contributed by atoms with Crippen LogP contribution in [0, 0.1) is 0 Å². The van der Waals surface area contributed by atoms with Crippen molar-refractivity contribution in [1.29, 1.82) is 0 Å². The molecule has 1 aromatic rings. The summed E-state index contributed by atoms with van der Waals surface area (Å²) in [5.41, 5.74) is 0.875. The third-order valence-electron chi connectivity index (χ3n) is 3.48. The molecule has 1 amide bonds. The Morgan fingerprint density at radius 3 is 3.00 bits per heavy atom. The fourth-order valence-corrected chi connectivity index (χ4v) is 2.30. The van der Waals surface area contributed by atoms with Crippen molar-refractivity contribution < 1.29 is 9.53 Å². The van der Waals surface area contributed by atoms with Crippen LogP contribution in [-0.2, 0) is 9.53 Å². The van der Waals surface area contributed by atoms with E-state index in [0.29, 0.717) is 19.1 Å². The average molecular weight is 277 g/mol. The molecule has 1 aromatic heterocycles. The second kappa shape index (κ2) is 7.97. The van der Waals surface area contributed by atoms with E-state index < -0.39 is 0 Å². The quantitative estimate of drug-likeness (QED) is 0.825. The molecule has 110 valence electrons. The molecule has 2 rings (SSSR count). The van der Waals surface area contributed by atoms with Crippen LogP contribution in [0.3, 0.4) is 0 Å². The summed E-state index contributed by atoms with van der Waals surface area (Å²) in [5, 5.41) is 6.23.